The SMILES string of the molecule is O=[N+]([O-])c1cc2c(cc1C=Nc1ccccc1F)OCO2. The van der Waals surface area contributed by atoms with E-state index in [1.807, 2.05) is 0 Å². The van der Waals surface area contributed by atoms with Crippen molar-refractivity contribution in [2.75, 3.05) is 6.79 Å². The summed E-state index contributed by atoms with van der Waals surface area (Å²) in [4.78, 5) is 14.5. The molecule has 0 fully saturated rings. The minimum absolute atomic E-state index is 0.0143. The predicted octanol–water partition coefficient (Wildman–Crippen LogP) is 3.21. The van der Waals surface area contributed by atoms with Crippen molar-refractivity contribution >= 4 is 17.6 Å². The van der Waals surface area contributed by atoms with Crippen molar-refractivity contribution in [1.82, 2.24) is 0 Å². The maximum absolute atomic E-state index is 13.5. The third-order valence-electron chi connectivity index (χ3n) is 2.91. The van der Waals surface area contributed by atoms with Gasteiger partial charge < -0.3 is 9.47 Å². The first-order chi connectivity index (χ1) is 10.1. The van der Waals surface area contributed by atoms with Gasteiger partial charge in [-0.25, -0.2) is 4.39 Å². The second-order valence-corrected chi connectivity index (χ2v) is 4.23. The number of hydrogen-bond acceptors (Lipinski definition) is 5. The lowest BCUT2D eigenvalue weighted by Gasteiger charge is -2.01. The van der Waals surface area contributed by atoms with Gasteiger partial charge in [0.25, 0.3) is 5.69 Å². The van der Waals surface area contributed by atoms with Crippen molar-refractivity contribution < 1.29 is 18.8 Å². The first-order valence-corrected chi connectivity index (χ1v) is 6.02. The molecule has 0 aromatic heterocycles. The van der Waals surface area contributed by atoms with Crippen LogP contribution in [0.25, 0.3) is 0 Å². The van der Waals surface area contributed by atoms with E-state index in [1.54, 1.807) is 6.07 Å². The molecule has 2 aromatic carbocycles. The van der Waals surface area contributed by atoms with Gasteiger partial charge in [-0.1, -0.05) is 12.1 Å². The highest BCUT2D eigenvalue weighted by Crippen LogP contribution is 2.37. The summed E-state index contributed by atoms with van der Waals surface area (Å²) >= 11 is 0. The minimum atomic E-state index is -0.551. The zero-order valence-corrected chi connectivity index (χ0v) is 10.7. The third kappa shape index (κ3) is 2.53. The first kappa shape index (κ1) is 13.0. The Balaban J connectivity index is 2.02. The summed E-state index contributed by atoms with van der Waals surface area (Å²) in [5, 5.41) is 11.1. The highest BCUT2D eigenvalue weighted by atomic mass is 19.1. The van der Waals surface area contributed by atoms with E-state index < -0.39 is 10.7 Å². The summed E-state index contributed by atoms with van der Waals surface area (Å²) in [6.45, 7) is 0.0143. The van der Waals surface area contributed by atoms with Crippen molar-refractivity contribution in [1.29, 1.82) is 0 Å². The summed E-state index contributed by atoms with van der Waals surface area (Å²) in [7, 11) is 0. The number of para-hydroxylation sites is 1. The largest absolute Gasteiger partial charge is 0.454 e. The average molecular weight is 288 g/mol. The molecule has 2 aromatic rings. The molecule has 3 rings (SSSR count). The van der Waals surface area contributed by atoms with Crippen LogP contribution in [0.2, 0.25) is 0 Å². The molecule has 0 bridgehead atoms. The topological polar surface area (TPSA) is 74.0 Å². The molecule has 1 aliphatic heterocycles. The monoisotopic (exact) mass is 288 g/mol. The van der Waals surface area contributed by atoms with E-state index in [4.69, 9.17) is 9.47 Å². The van der Waals surface area contributed by atoms with E-state index in [0.29, 0.717) is 11.5 Å². The Morgan fingerprint density at radius 1 is 1.24 bits per heavy atom. The van der Waals surface area contributed by atoms with Crippen LogP contribution in [0.3, 0.4) is 0 Å². The Morgan fingerprint density at radius 2 is 1.95 bits per heavy atom. The maximum Gasteiger partial charge on any atom is 0.282 e. The van der Waals surface area contributed by atoms with Crippen LogP contribution in [0, 0.1) is 15.9 Å². The lowest BCUT2D eigenvalue weighted by Crippen LogP contribution is -1.95. The van der Waals surface area contributed by atoms with Crippen LogP contribution in [-0.4, -0.2) is 17.9 Å². The normalized spacial score (nSPS) is 12.8. The van der Waals surface area contributed by atoms with Crippen molar-refractivity contribution in [2.45, 2.75) is 0 Å². The molecule has 0 N–H and O–H groups in total. The number of ether oxygens (including phenoxy) is 2. The molecule has 7 heteroatoms. The summed E-state index contributed by atoms with van der Waals surface area (Å²) in [5.41, 5.74) is 0.135. The van der Waals surface area contributed by atoms with Gasteiger partial charge in [0.05, 0.1) is 22.2 Å². The van der Waals surface area contributed by atoms with Crippen molar-refractivity contribution in [3.05, 3.63) is 57.9 Å². The van der Waals surface area contributed by atoms with Gasteiger partial charge in [0, 0.05) is 6.21 Å². The number of fused-ring (bicyclic) bond motifs is 1. The Kier molecular flexibility index (Phi) is 3.23. The molecule has 1 heterocycles. The minimum Gasteiger partial charge on any atom is -0.454 e. The van der Waals surface area contributed by atoms with E-state index >= 15 is 0 Å². The lowest BCUT2D eigenvalue weighted by molar-refractivity contribution is -0.385. The summed E-state index contributed by atoms with van der Waals surface area (Å²) in [6, 6.07) is 8.63. The van der Waals surface area contributed by atoms with E-state index in [-0.39, 0.29) is 23.7 Å². The first-order valence-electron chi connectivity index (χ1n) is 6.02. The standard InChI is InChI=1S/C14H9FN2O4/c15-10-3-1-2-4-11(10)16-7-9-5-13-14(21-8-20-13)6-12(9)17(18)19/h1-7H,8H2. The molecule has 0 saturated carbocycles. The molecule has 0 spiro atoms. The van der Waals surface area contributed by atoms with Gasteiger partial charge in [-0.3, -0.25) is 15.1 Å². The second-order valence-electron chi connectivity index (χ2n) is 4.23. The molecule has 1 aliphatic rings. The molecule has 21 heavy (non-hydrogen) atoms. The van der Waals surface area contributed by atoms with Gasteiger partial charge in [0.2, 0.25) is 6.79 Å². The van der Waals surface area contributed by atoms with Crippen LogP contribution in [0.5, 0.6) is 11.5 Å². The number of nitro groups is 1. The van der Waals surface area contributed by atoms with Crippen LogP contribution in [0.4, 0.5) is 15.8 Å². The van der Waals surface area contributed by atoms with Crippen LogP contribution in [0.1, 0.15) is 5.56 Å². The molecule has 0 saturated heterocycles. The van der Waals surface area contributed by atoms with Crippen LogP contribution < -0.4 is 9.47 Å². The lowest BCUT2D eigenvalue weighted by atomic mass is 10.1. The number of nitrogens with zero attached hydrogens (tertiary/aromatic N) is 2. The van der Waals surface area contributed by atoms with Gasteiger partial charge in [0.1, 0.15) is 5.82 Å². The summed E-state index contributed by atoms with van der Waals surface area (Å²) in [6.07, 6.45) is 1.23. The fourth-order valence-electron chi connectivity index (χ4n) is 1.90. The summed E-state index contributed by atoms with van der Waals surface area (Å²) in [5.74, 6) is 0.206. The number of benzene rings is 2. The number of nitro benzene ring substituents is 1. The van der Waals surface area contributed by atoms with Gasteiger partial charge in [-0.15, -0.1) is 0 Å². The maximum atomic E-state index is 13.5. The van der Waals surface area contributed by atoms with E-state index in [2.05, 4.69) is 4.99 Å². The van der Waals surface area contributed by atoms with Crippen molar-refractivity contribution in [3.8, 4) is 11.5 Å². The number of aliphatic imine (C=N–C) groups is 1. The molecule has 0 atom stereocenters. The molecule has 0 aliphatic carbocycles. The quantitative estimate of drug-likeness (QED) is 0.494. The van der Waals surface area contributed by atoms with Crippen LogP contribution in [-0.2, 0) is 0 Å². The number of rotatable bonds is 3. The van der Waals surface area contributed by atoms with Crippen LogP contribution >= 0.6 is 0 Å². The zero-order valence-electron chi connectivity index (χ0n) is 10.7. The molecule has 0 amide bonds. The molecular weight excluding hydrogens is 279 g/mol. The Hall–Kier alpha value is -2.96. The van der Waals surface area contributed by atoms with Crippen LogP contribution in [0.15, 0.2) is 41.4 Å². The highest BCUT2D eigenvalue weighted by Gasteiger charge is 2.22. The van der Waals surface area contributed by atoms with Crippen molar-refractivity contribution in [2.24, 2.45) is 4.99 Å². The Bertz CT molecular complexity index is 746. The number of hydrogen-bond donors (Lipinski definition) is 0. The smallest absolute Gasteiger partial charge is 0.282 e. The highest BCUT2D eigenvalue weighted by molar-refractivity contribution is 5.88. The third-order valence-corrected chi connectivity index (χ3v) is 2.91. The molecule has 0 unspecified atom stereocenters. The fourth-order valence-corrected chi connectivity index (χ4v) is 1.90. The van der Waals surface area contributed by atoms with Gasteiger partial charge in [-0.2, -0.15) is 0 Å². The molecule has 6 nitrogen and oxygen atoms in total. The Morgan fingerprint density at radius 3 is 2.67 bits per heavy atom. The number of halogens is 1. The van der Waals surface area contributed by atoms with Gasteiger partial charge in [-0.05, 0) is 18.2 Å². The molecular formula is C14H9FN2O4. The van der Waals surface area contributed by atoms with E-state index in [0.717, 1.165) is 0 Å². The van der Waals surface area contributed by atoms with Gasteiger partial charge in [0.15, 0.2) is 11.5 Å². The summed E-state index contributed by atoms with van der Waals surface area (Å²) < 4.78 is 23.7. The van der Waals surface area contributed by atoms with E-state index in [1.165, 1.54) is 36.5 Å². The predicted molar refractivity (Wildman–Crippen MR) is 72.9 cm³/mol. The zero-order chi connectivity index (χ0) is 14.8. The van der Waals surface area contributed by atoms with Crippen molar-refractivity contribution in [3.63, 3.8) is 0 Å². The van der Waals surface area contributed by atoms with E-state index in [9.17, 15) is 14.5 Å². The Labute approximate surface area is 118 Å². The second kappa shape index (κ2) is 5.20. The fraction of sp³-hybridized carbons (Fsp3) is 0.0714. The average Bonchev–Trinajstić information content (AvgIpc) is 2.92. The molecule has 106 valence electrons. The van der Waals surface area contributed by atoms with Gasteiger partial charge >= 0.3 is 0 Å². The molecule has 0 radical (unpaired) electrons.